The molecule has 0 spiro atoms. The summed E-state index contributed by atoms with van der Waals surface area (Å²) in [4.78, 5) is 19.3. The standard InChI is InChI=1S/C20H29N3O/c1-3-5-9-13-23-18-11-8-7-10-17(18)21-20(23)16-14-19(24)22(15-16)12-6-4-2/h7-8,10-11,16H,3-6,9,12-15H2,1-2H3/t16-/m0/s1. The van der Waals surface area contributed by atoms with Crippen molar-refractivity contribution in [3.8, 4) is 0 Å². The Kier molecular flexibility index (Phi) is 5.54. The van der Waals surface area contributed by atoms with Crippen LogP contribution in [-0.4, -0.2) is 33.4 Å². The molecule has 0 N–H and O–H groups in total. The first-order valence-corrected chi connectivity index (χ1v) is 9.47. The first-order valence-electron chi connectivity index (χ1n) is 9.47. The minimum Gasteiger partial charge on any atom is -0.342 e. The number of nitrogens with zero attached hydrogens (tertiary/aromatic N) is 3. The Labute approximate surface area is 144 Å². The minimum absolute atomic E-state index is 0.239. The van der Waals surface area contributed by atoms with Gasteiger partial charge >= 0.3 is 0 Å². The lowest BCUT2D eigenvalue weighted by Crippen LogP contribution is -2.26. The Balaban J connectivity index is 1.85. The molecule has 4 nitrogen and oxygen atoms in total. The molecule has 2 heterocycles. The molecule has 2 aromatic rings. The molecule has 130 valence electrons. The van der Waals surface area contributed by atoms with E-state index in [1.807, 2.05) is 11.0 Å². The van der Waals surface area contributed by atoms with Crippen LogP contribution < -0.4 is 0 Å². The van der Waals surface area contributed by atoms with Gasteiger partial charge in [-0.25, -0.2) is 4.98 Å². The highest BCUT2D eigenvalue weighted by molar-refractivity contribution is 5.80. The molecule has 3 rings (SSSR count). The summed E-state index contributed by atoms with van der Waals surface area (Å²) < 4.78 is 2.37. The summed E-state index contributed by atoms with van der Waals surface area (Å²) in [7, 11) is 0. The van der Waals surface area contributed by atoms with E-state index in [2.05, 4.69) is 36.6 Å². The summed E-state index contributed by atoms with van der Waals surface area (Å²) in [6.07, 6.45) is 6.45. The van der Waals surface area contributed by atoms with Crippen molar-refractivity contribution in [3.63, 3.8) is 0 Å². The Bertz CT molecular complexity index is 691. The van der Waals surface area contributed by atoms with E-state index in [1.165, 1.54) is 24.8 Å². The van der Waals surface area contributed by atoms with Crippen LogP contribution in [0.2, 0.25) is 0 Å². The lowest BCUT2D eigenvalue weighted by Gasteiger charge is -2.17. The molecule has 0 radical (unpaired) electrons. The number of unbranched alkanes of at least 4 members (excludes halogenated alkanes) is 3. The zero-order valence-electron chi connectivity index (χ0n) is 15.0. The Hall–Kier alpha value is -1.84. The fourth-order valence-electron chi connectivity index (χ4n) is 3.67. The lowest BCUT2D eigenvalue weighted by molar-refractivity contribution is -0.127. The quantitative estimate of drug-likeness (QED) is 0.676. The number of aromatic nitrogens is 2. The van der Waals surface area contributed by atoms with Crippen LogP contribution in [0, 0.1) is 0 Å². The van der Waals surface area contributed by atoms with E-state index in [0.29, 0.717) is 12.3 Å². The van der Waals surface area contributed by atoms with E-state index in [9.17, 15) is 4.79 Å². The van der Waals surface area contributed by atoms with Crippen LogP contribution >= 0.6 is 0 Å². The third-order valence-corrected chi connectivity index (χ3v) is 5.03. The number of fused-ring (bicyclic) bond motifs is 1. The molecular weight excluding hydrogens is 298 g/mol. The van der Waals surface area contributed by atoms with Gasteiger partial charge in [-0.3, -0.25) is 4.79 Å². The smallest absolute Gasteiger partial charge is 0.223 e. The summed E-state index contributed by atoms with van der Waals surface area (Å²) >= 11 is 0. The number of carbonyl (C=O) groups excluding carboxylic acids is 1. The number of imidazole rings is 1. The van der Waals surface area contributed by atoms with Gasteiger partial charge in [0, 0.05) is 32.0 Å². The average Bonchev–Trinajstić information content (AvgIpc) is 3.14. The molecule has 0 unspecified atom stereocenters. The minimum atomic E-state index is 0.239. The third-order valence-electron chi connectivity index (χ3n) is 5.03. The fourth-order valence-corrected chi connectivity index (χ4v) is 3.67. The number of benzene rings is 1. The topological polar surface area (TPSA) is 38.1 Å². The number of carbonyl (C=O) groups is 1. The first kappa shape index (κ1) is 17.0. The van der Waals surface area contributed by atoms with Gasteiger partial charge in [0.1, 0.15) is 5.82 Å². The SMILES string of the molecule is CCCCCn1c([C@H]2CC(=O)N(CCCC)C2)nc2ccccc21. The molecule has 1 atom stereocenters. The van der Waals surface area contributed by atoms with Crippen molar-refractivity contribution in [2.24, 2.45) is 0 Å². The van der Waals surface area contributed by atoms with Crippen molar-refractivity contribution in [3.05, 3.63) is 30.1 Å². The molecule has 1 aromatic heterocycles. The molecule has 1 aromatic carbocycles. The number of hydrogen-bond acceptors (Lipinski definition) is 2. The summed E-state index contributed by atoms with van der Waals surface area (Å²) in [5, 5.41) is 0. The summed E-state index contributed by atoms with van der Waals surface area (Å²) in [5.74, 6) is 1.64. The molecule has 1 aliphatic heterocycles. The van der Waals surface area contributed by atoms with Gasteiger partial charge in [0.25, 0.3) is 0 Å². The Morgan fingerprint density at radius 3 is 2.67 bits per heavy atom. The molecule has 4 heteroatoms. The lowest BCUT2D eigenvalue weighted by atomic mass is 10.1. The van der Waals surface area contributed by atoms with Gasteiger partial charge < -0.3 is 9.47 Å². The number of likely N-dealkylation sites (tertiary alicyclic amines) is 1. The second kappa shape index (κ2) is 7.82. The van der Waals surface area contributed by atoms with Crippen LogP contribution in [0.3, 0.4) is 0 Å². The maximum atomic E-state index is 12.3. The number of amides is 1. The number of hydrogen-bond donors (Lipinski definition) is 0. The molecule has 1 amide bonds. The molecule has 1 fully saturated rings. The van der Waals surface area contributed by atoms with Crippen molar-refractivity contribution in [1.29, 1.82) is 0 Å². The fraction of sp³-hybridized carbons (Fsp3) is 0.600. The predicted molar refractivity (Wildman–Crippen MR) is 98.1 cm³/mol. The van der Waals surface area contributed by atoms with Crippen LogP contribution in [0.15, 0.2) is 24.3 Å². The highest BCUT2D eigenvalue weighted by atomic mass is 16.2. The van der Waals surface area contributed by atoms with Crippen LogP contribution in [0.25, 0.3) is 11.0 Å². The molecule has 0 aliphatic carbocycles. The van der Waals surface area contributed by atoms with Crippen molar-refractivity contribution < 1.29 is 4.79 Å². The summed E-state index contributed by atoms with van der Waals surface area (Å²) in [6, 6.07) is 8.37. The molecule has 0 bridgehead atoms. The van der Waals surface area contributed by atoms with Gasteiger partial charge in [-0.2, -0.15) is 0 Å². The molecule has 1 aliphatic rings. The van der Waals surface area contributed by atoms with E-state index in [1.54, 1.807) is 0 Å². The van der Waals surface area contributed by atoms with Gasteiger partial charge in [0.15, 0.2) is 0 Å². The normalized spacial score (nSPS) is 18.0. The van der Waals surface area contributed by atoms with Gasteiger partial charge in [-0.05, 0) is 25.0 Å². The monoisotopic (exact) mass is 327 g/mol. The van der Waals surface area contributed by atoms with Gasteiger partial charge in [-0.15, -0.1) is 0 Å². The van der Waals surface area contributed by atoms with Crippen molar-refractivity contribution in [2.75, 3.05) is 13.1 Å². The van der Waals surface area contributed by atoms with E-state index >= 15 is 0 Å². The number of para-hydroxylation sites is 2. The van der Waals surface area contributed by atoms with Crippen molar-refractivity contribution in [2.45, 2.75) is 64.8 Å². The number of rotatable bonds is 8. The molecule has 0 saturated carbocycles. The number of aryl methyl sites for hydroxylation is 1. The second-order valence-electron chi connectivity index (χ2n) is 6.91. The average molecular weight is 327 g/mol. The second-order valence-corrected chi connectivity index (χ2v) is 6.91. The van der Waals surface area contributed by atoms with Crippen molar-refractivity contribution in [1.82, 2.24) is 14.5 Å². The van der Waals surface area contributed by atoms with E-state index in [0.717, 1.165) is 43.8 Å². The Morgan fingerprint density at radius 2 is 1.88 bits per heavy atom. The largest absolute Gasteiger partial charge is 0.342 e. The van der Waals surface area contributed by atoms with Crippen LogP contribution in [0.1, 0.15) is 64.1 Å². The van der Waals surface area contributed by atoms with E-state index in [-0.39, 0.29) is 5.92 Å². The predicted octanol–water partition coefficient (Wildman–Crippen LogP) is 4.34. The van der Waals surface area contributed by atoms with Gasteiger partial charge in [0.2, 0.25) is 5.91 Å². The zero-order chi connectivity index (χ0) is 16.9. The molecule has 1 saturated heterocycles. The zero-order valence-corrected chi connectivity index (χ0v) is 15.0. The van der Waals surface area contributed by atoms with E-state index in [4.69, 9.17) is 4.98 Å². The summed E-state index contributed by atoms with van der Waals surface area (Å²) in [6.45, 7) is 7.13. The highest BCUT2D eigenvalue weighted by Crippen LogP contribution is 2.30. The van der Waals surface area contributed by atoms with Crippen molar-refractivity contribution >= 4 is 16.9 Å². The third kappa shape index (κ3) is 3.47. The van der Waals surface area contributed by atoms with Crippen LogP contribution in [0.5, 0.6) is 0 Å². The van der Waals surface area contributed by atoms with Crippen LogP contribution in [0.4, 0.5) is 0 Å². The van der Waals surface area contributed by atoms with Gasteiger partial charge in [0.05, 0.1) is 11.0 Å². The Morgan fingerprint density at radius 1 is 1.08 bits per heavy atom. The molecule has 24 heavy (non-hydrogen) atoms. The van der Waals surface area contributed by atoms with Gasteiger partial charge in [-0.1, -0.05) is 45.2 Å². The van der Waals surface area contributed by atoms with E-state index < -0.39 is 0 Å². The van der Waals surface area contributed by atoms with Crippen LogP contribution in [-0.2, 0) is 11.3 Å². The molecular formula is C20H29N3O. The maximum absolute atomic E-state index is 12.3. The summed E-state index contributed by atoms with van der Waals surface area (Å²) in [5.41, 5.74) is 2.27. The maximum Gasteiger partial charge on any atom is 0.223 e. The highest BCUT2D eigenvalue weighted by Gasteiger charge is 2.33. The first-order chi connectivity index (χ1) is 11.7.